The van der Waals surface area contributed by atoms with Crippen molar-refractivity contribution in [3.05, 3.63) is 52.2 Å². The molecule has 0 saturated carbocycles. The van der Waals surface area contributed by atoms with Gasteiger partial charge in [0.25, 0.3) is 5.56 Å². The maximum Gasteiger partial charge on any atom is 0.278 e. The molecular weight excluding hydrogens is 367 g/mol. The molecule has 1 aromatic carbocycles. The number of aryl methyl sites for hydroxylation is 1. The lowest BCUT2D eigenvalue weighted by Crippen LogP contribution is -2.26. The van der Waals surface area contributed by atoms with Crippen molar-refractivity contribution in [2.75, 3.05) is 11.1 Å². The number of fused-ring (bicyclic) bond motifs is 1. The molecule has 0 unspecified atom stereocenters. The van der Waals surface area contributed by atoms with Crippen LogP contribution in [0.3, 0.4) is 0 Å². The molecule has 0 atom stereocenters. The van der Waals surface area contributed by atoms with Gasteiger partial charge in [0.2, 0.25) is 5.91 Å². The maximum absolute atomic E-state index is 13.2. The summed E-state index contributed by atoms with van der Waals surface area (Å²) in [6.07, 6.45) is 0. The molecule has 3 rings (SSSR count). The van der Waals surface area contributed by atoms with Gasteiger partial charge in [0.15, 0.2) is 5.16 Å². The van der Waals surface area contributed by atoms with Gasteiger partial charge in [-0.25, -0.2) is 9.37 Å². The van der Waals surface area contributed by atoms with Crippen LogP contribution >= 0.6 is 11.8 Å². The monoisotopic (exact) mass is 388 g/mol. The smallest absolute Gasteiger partial charge is 0.278 e. The molecule has 27 heavy (non-hydrogen) atoms. The first kappa shape index (κ1) is 19.2. The zero-order valence-corrected chi connectivity index (χ0v) is 16.2. The topological polar surface area (TPSA) is 79.8 Å². The average Bonchev–Trinajstić information content (AvgIpc) is 2.96. The third kappa shape index (κ3) is 4.57. The van der Waals surface area contributed by atoms with Gasteiger partial charge in [-0.3, -0.25) is 14.2 Å². The zero-order chi connectivity index (χ0) is 19.6. The molecule has 0 fully saturated rings. The van der Waals surface area contributed by atoms with E-state index in [0.717, 1.165) is 5.69 Å². The van der Waals surface area contributed by atoms with Crippen LogP contribution in [0, 0.1) is 18.7 Å². The Hall–Kier alpha value is -2.61. The molecule has 0 radical (unpaired) electrons. The number of carbonyl (C=O) groups excluding carboxylic acids is 1. The largest absolute Gasteiger partial charge is 0.353 e. The number of thioether (sulfide) groups is 1. The number of anilines is 1. The van der Waals surface area contributed by atoms with Crippen molar-refractivity contribution < 1.29 is 9.18 Å². The number of benzene rings is 1. The van der Waals surface area contributed by atoms with Crippen molar-refractivity contribution in [2.45, 2.75) is 32.5 Å². The second kappa shape index (κ2) is 7.96. The van der Waals surface area contributed by atoms with Gasteiger partial charge in [0.1, 0.15) is 11.3 Å². The number of hydrogen-bond donors (Lipinski definition) is 2. The predicted molar refractivity (Wildman–Crippen MR) is 106 cm³/mol. The summed E-state index contributed by atoms with van der Waals surface area (Å²) in [5, 5.41) is 3.14. The van der Waals surface area contributed by atoms with Gasteiger partial charge in [-0.1, -0.05) is 31.7 Å². The highest BCUT2D eigenvalue weighted by Gasteiger charge is 2.16. The van der Waals surface area contributed by atoms with E-state index in [1.807, 2.05) is 26.8 Å². The van der Waals surface area contributed by atoms with Gasteiger partial charge in [-0.05, 0) is 37.1 Å². The molecule has 0 spiro atoms. The van der Waals surface area contributed by atoms with Crippen LogP contribution in [-0.4, -0.2) is 26.2 Å². The van der Waals surface area contributed by atoms with Gasteiger partial charge in [-0.15, -0.1) is 0 Å². The van der Waals surface area contributed by atoms with E-state index in [1.165, 1.54) is 30.0 Å². The lowest BCUT2D eigenvalue weighted by Gasteiger charge is -2.13. The third-order valence-corrected chi connectivity index (χ3v) is 4.80. The Labute approximate surface area is 160 Å². The van der Waals surface area contributed by atoms with E-state index in [0.29, 0.717) is 28.4 Å². The molecule has 142 valence electrons. The maximum atomic E-state index is 13.2. The SMILES string of the molecule is Cc1cc2nc(SCC(=O)Nc3cccc(F)c3)n(CC(C)C)c(=O)c2[nH]1. The Morgan fingerprint density at radius 1 is 1.37 bits per heavy atom. The fraction of sp³-hybridized carbons (Fsp3) is 0.316. The van der Waals surface area contributed by atoms with E-state index in [1.54, 1.807) is 10.6 Å². The minimum absolute atomic E-state index is 0.0654. The predicted octanol–water partition coefficient (Wildman–Crippen LogP) is 3.56. The number of amides is 1. The number of nitrogens with one attached hydrogen (secondary N) is 2. The minimum atomic E-state index is -0.416. The average molecular weight is 388 g/mol. The van der Waals surface area contributed by atoms with E-state index < -0.39 is 5.82 Å². The van der Waals surface area contributed by atoms with Gasteiger partial charge in [0, 0.05) is 17.9 Å². The van der Waals surface area contributed by atoms with E-state index in [-0.39, 0.29) is 23.1 Å². The Morgan fingerprint density at radius 2 is 2.15 bits per heavy atom. The summed E-state index contributed by atoms with van der Waals surface area (Å²) in [4.78, 5) is 32.6. The molecule has 3 aromatic rings. The molecule has 2 aromatic heterocycles. The quantitative estimate of drug-likeness (QED) is 0.500. The lowest BCUT2D eigenvalue weighted by atomic mass is 10.2. The Morgan fingerprint density at radius 3 is 2.85 bits per heavy atom. The summed E-state index contributed by atoms with van der Waals surface area (Å²) < 4.78 is 14.8. The number of hydrogen-bond acceptors (Lipinski definition) is 4. The molecule has 1 amide bonds. The van der Waals surface area contributed by atoms with Gasteiger partial charge < -0.3 is 10.3 Å². The van der Waals surface area contributed by atoms with Crippen LogP contribution in [-0.2, 0) is 11.3 Å². The molecule has 0 aliphatic rings. The summed E-state index contributed by atoms with van der Waals surface area (Å²) in [5.41, 5.74) is 2.17. The molecule has 2 heterocycles. The number of aromatic nitrogens is 3. The molecular formula is C19H21FN4O2S. The Kier molecular flexibility index (Phi) is 5.65. The van der Waals surface area contributed by atoms with Crippen LogP contribution in [0.25, 0.3) is 11.0 Å². The van der Waals surface area contributed by atoms with Crippen molar-refractivity contribution in [2.24, 2.45) is 5.92 Å². The third-order valence-electron chi connectivity index (χ3n) is 3.83. The van der Waals surface area contributed by atoms with E-state index in [4.69, 9.17) is 0 Å². The van der Waals surface area contributed by atoms with Crippen molar-refractivity contribution in [1.29, 1.82) is 0 Å². The highest BCUT2D eigenvalue weighted by Crippen LogP contribution is 2.20. The van der Waals surface area contributed by atoms with Crippen LogP contribution in [0.15, 0.2) is 40.3 Å². The van der Waals surface area contributed by atoms with Crippen LogP contribution in [0.4, 0.5) is 10.1 Å². The number of rotatable bonds is 6. The molecule has 2 N–H and O–H groups in total. The summed E-state index contributed by atoms with van der Waals surface area (Å²) in [6, 6.07) is 7.53. The minimum Gasteiger partial charge on any atom is -0.353 e. The number of H-pyrrole nitrogens is 1. The molecule has 6 nitrogen and oxygen atoms in total. The number of nitrogens with zero attached hydrogens (tertiary/aromatic N) is 2. The number of carbonyl (C=O) groups is 1. The van der Waals surface area contributed by atoms with Crippen LogP contribution in [0.2, 0.25) is 0 Å². The molecule has 0 aliphatic heterocycles. The highest BCUT2D eigenvalue weighted by molar-refractivity contribution is 7.99. The van der Waals surface area contributed by atoms with E-state index in [2.05, 4.69) is 15.3 Å². The van der Waals surface area contributed by atoms with Gasteiger partial charge in [-0.2, -0.15) is 0 Å². The van der Waals surface area contributed by atoms with Crippen LogP contribution in [0.5, 0.6) is 0 Å². The van der Waals surface area contributed by atoms with Gasteiger partial charge in [0.05, 0.1) is 11.3 Å². The first-order valence-corrected chi connectivity index (χ1v) is 9.60. The fourth-order valence-corrected chi connectivity index (χ4v) is 3.55. The second-order valence-corrected chi connectivity index (χ2v) is 7.71. The Balaban J connectivity index is 1.82. The van der Waals surface area contributed by atoms with Crippen molar-refractivity contribution in [3.8, 4) is 0 Å². The summed E-state index contributed by atoms with van der Waals surface area (Å²) in [5.74, 6) is -0.392. The summed E-state index contributed by atoms with van der Waals surface area (Å²) in [6.45, 7) is 6.41. The van der Waals surface area contributed by atoms with E-state index in [9.17, 15) is 14.0 Å². The van der Waals surface area contributed by atoms with Crippen molar-refractivity contribution >= 4 is 34.4 Å². The van der Waals surface area contributed by atoms with Crippen LogP contribution in [0.1, 0.15) is 19.5 Å². The normalized spacial score (nSPS) is 11.3. The first-order chi connectivity index (χ1) is 12.8. The second-order valence-electron chi connectivity index (χ2n) is 6.76. The molecule has 0 aliphatic carbocycles. The molecule has 0 bridgehead atoms. The lowest BCUT2D eigenvalue weighted by molar-refractivity contribution is -0.113. The Bertz CT molecular complexity index is 1040. The number of aromatic amines is 1. The molecule has 8 heteroatoms. The number of halogens is 1. The van der Waals surface area contributed by atoms with Gasteiger partial charge >= 0.3 is 0 Å². The van der Waals surface area contributed by atoms with Crippen LogP contribution < -0.4 is 10.9 Å². The van der Waals surface area contributed by atoms with Crippen molar-refractivity contribution in [3.63, 3.8) is 0 Å². The summed E-state index contributed by atoms with van der Waals surface area (Å²) >= 11 is 1.19. The fourth-order valence-electron chi connectivity index (χ4n) is 2.74. The first-order valence-electron chi connectivity index (χ1n) is 8.62. The summed E-state index contributed by atoms with van der Waals surface area (Å²) in [7, 11) is 0. The molecule has 0 saturated heterocycles. The zero-order valence-electron chi connectivity index (χ0n) is 15.4. The highest BCUT2D eigenvalue weighted by atomic mass is 32.2. The standard InChI is InChI=1S/C19H21FN4O2S/c1-11(2)9-24-18(26)17-15(7-12(3)21-17)23-19(24)27-10-16(25)22-14-6-4-5-13(20)8-14/h4-8,11,21H,9-10H2,1-3H3,(H,22,25). The van der Waals surface area contributed by atoms with E-state index >= 15 is 0 Å². The van der Waals surface area contributed by atoms with Crippen molar-refractivity contribution in [1.82, 2.24) is 14.5 Å².